The van der Waals surface area contributed by atoms with Gasteiger partial charge in [0.2, 0.25) is 0 Å². The van der Waals surface area contributed by atoms with E-state index in [0.29, 0.717) is 0 Å². The van der Waals surface area contributed by atoms with Gasteiger partial charge in [0.1, 0.15) is 0 Å². The summed E-state index contributed by atoms with van der Waals surface area (Å²) >= 11 is 7.44. The molecule has 0 atom stereocenters. The van der Waals surface area contributed by atoms with Crippen molar-refractivity contribution in [2.24, 2.45) is 0 Å². The van der Waals surface area contributed by atoms with Gasteiger partial charge in [-0.2, -0.15) is 0 Å². The lowest BCUT2D eigenvalue weighted by Gasteiger charge is -2.24. The first-order valence-electron chi connectivity index (χ1n) is 13.8. The first-order valence-corrected chi connectivity index (χ1v) is 14.2. The highest BCUT2D eigenvalue weighted by molar-refractivity contribution is 6.37. The molecular weight excluding hydrogens is 504 g/mol. The molecule has 1 aliphatic carbocycles. The molecule has 192 valence electrons. The molecule has 0 heterocycles. The lowest BCUT2D eigenvalue weighted by atomic mass is 9.80. The Morgan fingerprint density at radius 1 is 0.400 bits per heavy atom. The summed E-state index contributed by atoms with van der Waals surface area (Å²) in [7, 11) is 0. The van der Waals surface area contributed by atoms with Crippen molar-refractivity contribution >= 4 is 11.6 Å². The lowest BCUT2D eigenvalue weighted by molar-refractivity contribution is 0.660. The smallest absolute Gasteiger partial charge is 0.0569 e. The Morgan fingerprint density at radius 2 is 0.925 bits per heavy atom. The molecule has 7 rings (SSSR count). The molecule has 0 radical (unpaired) electrons. The highest BCUT2D eigenvalue weighted by atomic mass is 35.5. The van der Waals surface area contributed by atoms with Gasteiger partial charge in [-0.15, -0.1) is 0 Å². The summed E-state index contributed by atoms with van der Waals surface area (Å²) < 4.78 is 0. The van der Waals surface area contributed by atoms with Crippen LogP contribution in [0.5, 0.6) is 0 Å². The van der Waals surface area contributed by atoms with Gasteiger partial charge in [0.25, 0.3) is 0 Å². The molecule has 0 saturated carbocycles. The summed E-state index contributed by atoms with van der Waals surface area (Å²) in [5, 5.41) is 0.773. The van der Waals surface area contributed by atoms with Crippen LogP contribution in [0.25, 0.3) is 55.6 Å². The fraction of sp³-hybridized carbons (Fsp3) is 0.0769. The van der Waals surface area contributed by atoms with Gasteiger partial charge in [-0.05, 0) is 67.8 Å². The molecule has 0 saturated heterocycles. The third-order valence-corrected chi connectivity index (χ3v) is 8.76. The van der Waals surface area contributed by atoms with Crippen molar-refractivity contribution < 1.29 is 0 Å². The number of hydrogen-bond donors (Lipinski definition) is 0. The van der Waals surface area contributed by atoms with Crippen LogP contribution in [0.15, 0.2) is 140 Å². The van der Waals surface area contributed by atoms with Crippen molar-refractivity contribution in [3.05, 3.63) is 156 Å². The van der Waals surface area contributed by atoms with E-state index in [9.17, 15) is 0 Å². The third kappa shape index (κ3) is 3.91. The van der Waals surface area contributed by atoms with Gasteiger partial charge in [-0.25, -0.2) is 0 Å². The molecule has 0 amide bonds. The van der Waals surface area contributed by atoms with Gasteiger partial charge in [-0.1, -0.05) is 153 Å². The molecule has 0 fully saturated rings. The summed E-state index contributed by atoms with van der Waals surface area (Å²) in [6.07, 6.45) is 0. The normalized spacial score (nSPS) is 13.1. The molecule has 0 unspecified atom stereocenters. The molecule has 0 bridgehead atoms. The van der Waals surface area contributed by atoms with Crippen LogP contribution in [-0.4, -0.2) is 0 Å². The molecule has 1 aliphatic rings. The van der Waals surface area contributed by atoms with Crippen LogP contribution in [-0.2, 0) is 5.41 Å². The Balaban J connectivity index is 1.58. The highest BCUT2D eigenvalue weighted by Crippen LogP contribution is 2.52. The largest absolute Gasteiger partial charge is 0.0830 e. The van der Waals surface area contributed by atoms with Crippen LogP contribution in [0.3, 0.4) is 0 Å². The fourth-order valence-corrected chi connectivity index (χ4v) is 6.73. The van der Waals surface area contributed by atoms with E-state index < -0.39 is 0 Å². The molecule has 0 aliphatic heterocycles. The van der Waals surface area contributed by atoms with Crippen LogP contribution in [0, 0.1) is 0 Å². The second-order valence-electron chi connectivity index (χ2n) is 11.1. The molecular formula is C39H29Cl. The zero-order valence-electron chi connectivity index (χ0n) is 22.7. The SMILES string of the molecule is CC1(C)c2ccccc2-c2ccc(-c3c(-c4ccccc4)cc(-c4ccccc4)c(Cl)c3-c3ccccc3)cc21. The number of rotatable bonds is 4. The number of halogens is 1. The van der Waals surface area contributed by atoms with Gasteiger partial charge in [0.15, 0.2) is 0 Å². The molecule has 40 heavy (non-hydrogen) atoms. The van der Waals surface area contributed by atoms with E-state index in [-0.39, 0.29) is 5.41 Å². The van der Waals surface area contributed by atoms with Gasteiger partial charge < -0.3 is 0 Å². The van der Waals surface area contributed by atoms with Crippen molar-refractivity contribution in [2.75, 3.05) is 0 Å². The Labute approximate surface area is 241 Å². The highest BCUT2D eigenvalue weighted by Gasteiger charge is 2.35. The van der Waals surface area contributed by atoms with E-state index in [1.165, 1.54) is 38.9 Å². The minimum Gasteiger partial charge on any atom is -0.0830 e. The summed E-state index contributed by atoms with van der Waals surface area (Å²) in [6, 6.07) is 49.8. The third-order valence-electron chi connectivity index (χ3n) is 8.37. The van der Waals surface area contributed by atoms with Crippen molar-refractivity contribution in [3.63, 3.8) is 0 Å². The second-order valence-corrected chi connectivity index (χ2v) is 11.4. The first-order chi connectivity index (χ1) is 19.5. The van der Waals surface area contributed by atoms with Crippen LogP contribution < -0.4 is 0 Å². The molecule has 1 heteroatoms. The maximum absolute atomic E-state index is 7.44. The lowest BCUT2D eigenvalue weighted by Crippen LogP contribution is -2.15. The van der Waals surface area contributed by atoms with E-state index in [2.05, 4.69) is 147 Å². The van der Waals surface area contributed by atoms with Crippen molar-refractivity contribution in [2.45, 2.75) is 19.3 Å². The first kappa shape index (κ1) is 24.6. The van der Waals surface area contributed by atoms with E-state index in [1.54, 1.807) is 0 Å². The van der Waals surface area contributed by atoms with E-state index in [0.717, 1.165) is 32.8 Å². The van der Waals surface area contributed by atoms with Crippen LogP contribution in [0.4, 0.5) is 0 Å². The summed E-state index contributed by atoms with van der Waals surface area (Å²) in [5.41, 5.74) is 14.3. The van der Waals surface area contributed by atoms with Gasteiger partial charge in [-0.3, -0.25) is 0 Å². The average Bonchev–Trinajstić information content (AvgIpc) is 3.24. The van der Waals surface area contributed by atoms with Gasteiger partial charge >= 0.3 is 0 Å². The average molecular weight is 533 g/mol. The number of fused-ring (bicyclic) bond motifs is 3. The van der Waals surface area contributed by atoms with E-state index >= 15 is 0 Å². The van der Waals surface area contributed by atoms with E-state index in [4.69, 9.17) is 11.6 Å². The minimum atomic E-state index is -0.0878. The zero-order chi connectivity index (χ0) is 27.3. The van der Waals surface area contributed by atoms with Crippen molar-refractivity contribution in [3.8, 4) is 55.6 Å². The second kappa shape index (κ2) is 9.66. The summed E-state index contributed by atoms with van der Waals surface area (Å²) in [4.78, 5) is 0. The fourth-order valence-electron chi connectivity index (χ4n) is 6.37. The van der Waals surface area contributed by atoms with Crippen molar-refractivity contribution in [1.82, 2.24) is 0 Å². The van der Waals surface area contributed by atoms with Crippen LogP contribution in [0.1, 0.15) is 25.0 Å². The molecule has 0 aromatic heterocycles. The molecule has 0 spiro atoms. The van der Waals surface area contributed by atoms with Crippen LogP contribution in [0.2, 0.25) is 5.02 Å². The topological polar surface area (TPSA) is 0 Å². The molecule has 0 nitrogen and oxygen atoms in total. The molecule has 6 aromatic carbocycles. The quantitative estimate of drug-likeness (QED) is 0.212. The Kier molecular flexibility index (Phi) is 5.95. The predicted molar refractivity (Wildman–Crippen MR) is 171 cm³/mol. The monoisotopic (exact) mass is 532 g/mol. The Bertz CT molecular complexity index is 1850. The Morgan fingerprint density at radius 3 is 1.57 bits per heavy atom. The molecule has 0 N–H and O–H groups in total. The predicted octanol–water partition coefficient (Wildman–Crippen LogP) is 11.3. The summed E-state index contributed by atoms with van der Waals surface area (Å²) in [5.74, 6) is 0. The standard InChI is InChI=1S/C39H29Cl/c1-39(2)34-21-13-12-20-30(34)31-23-22-29(24-35(31)39)36-32(26-14-6-3-7-15-26)25-33(27-16-8-4-9-17-27)38(40)37(36)28-18-10-5-11-19-28/h3-25H,1-2H3. The maximum Gasteiger partial charge on any atom is 0.0569 e. The van der Waals surface area contributed by atoms with Crippen molar-refractivity contribution in [1.29, 1.82) is 0 Å². The minimum absolute atomic E-state index is 0.0878. The zero-order valence-corrected chi connectivity index (χ0v) is 23.4. The molecule has 6 aromatic rings. The summed E-state index contributed by atoms with van der Waals surface area (Å²) in [6.45, 7) is 4.67. The van der Waals surface area contributed by atoms with Crippen LogP contribution >= 0.6 is 11.6 Å². The van der Waals surface area contributed by atoms with E-state index in [1.807, 2.05) is 6.07 Å². The Hall–Kier alpha value is -4.39. The maximum atomic E-state index is 7.44. The number of benzene rings is 6. The number of hydrogen-bond acceptors (Lipinski definition) is 0. The van der Waals surface area contributed by atoms with Gasteiger partial charge in [0.05, 0.1) is 5.02 Å². The van der Waals surface area contributed by atoms with Gasteiger partial charge in [0, 0.05) is 16.5 Å².